The fourth-order valence-electron chi connectivity index (χ4n) is 5.87. The first kappa shape index (κ1) is 23.1. The van der Waals surface area contributed by atoms with Gasteiger partial charge in [0.1, 0.15) is 0 Å². The molecule has 1 fully saturated rings. The van der Waals surface area contributed by atoms with Crippen LogP contribution in [-0.2, 0) is 9.59 Å². The van der Waals surface area contributed by atoms with Crippen molar-refractivity contribution >= 4 is 57.6 Å². The van der Waals surface area contributed by atoms with Gasteiger partial charge in [-0.2, -0.15) is 0 Å². The standard InChI is InChI=1S/C36H25NO2/c38-35-31-21-24-11-7-8-12-25(24)22-32(31)36(39)33(35)23-26-19-20-34(30-18-10-9-17-29(26)30)37(27-13-3-1-4-14-27)28-15-5-2-6-16-28/h1-23,31-32H. The molecule has 2 aliphatic carbocycles. The van der Waals surface area contributed by atoms with Crippen LogP contribution in [0.5, 0.6) is 0 Å². The van der Waals surface area contributed by atoms with Crippen LogP contribution in [0.4, 0.5) is 17.1 Å². The summed E-state index contributed by atoms with van der Waals surface area (Å²) in [6.07, 6.45) is 5.72. The number of anilines is 3. The second kappa shape index (κ2) is 9.38. The van der Waals surface area contributed by atoms with Crippen molar-refractivity contribution in [3.63, 3.8) is 0 Å². The van der Waals surface area contributed by atoms with E-state index in [-0.39, 0.29) is 17.1 Å². The van der Waals surface area contributed by atoms with E-state index in [1.165, 1.54) is 0 Å². The highest BCUT2D eigenvalue weighted by molar-refractivity contribution is 6.33. The van der Waals surface area contributed by atoms with Crippen LogP contribution in [-0.4, -0.2) is 11.6 Å². The number of carbonyl (C=O) groups excluding carboxylic acids is 2. The van der Waals surface area contributed by atoms with E-state index in [0.717, 1.165) is 43.8 Å². The molecule has 186 valence electrons. The molecule has 3 heteroatoms. The SMILES string of the molecule is O=C1C(=Cc2ccc(N(c3ccccc3)c3ccccc3)c3ccccc23)C(=O)C2C=c3ccccc3=CC12. The van der Waals surface area contributed by atoms with Crippen LogP contribution < -0.4 is 15.3 Å². The summed E-state index contributed by atoms with van der Waals surface area (Å²) in [4.78, 5) is 29.2. The number of Topliss-reactive ketones (excluding diaryl/α,β-unsaturated/α-hetero) is 2. The first-order valence-corrected chi connectivity index (χ1v) is 13.2. The molecular weight excluding hydrogens is 478 g/mol. The number of ketones is 2. The van der Waals surface area contributed by atoms with Crippen LogP contribution in [0.3, 0.4) is 0 Å². The zero-order valence-corrected chi connectivity index (χ0v) is 21.2. The van der Waals surface area contributed by atoms with Crippen molar-refractivity contribution in [2.75, 3.05) is 4.90 Å². The molecule has 0 bridgehead atoms. The topological polar surface area (TPSA) is 37.4 Å². The highest BCUT2D eigenvalue weighted by Gasteiger charge is 2.44. The van der Waals surface area contributed by atoms with Crippen molar-refractivity contribution in [2.45, 2.75) is 0 Å². The van der Waals surface area contributed by atoms with Gasteiger partial charge < -0.3 is 4.90 Å². The molecule has 0 saturated heterocycles. The van der Waals surface area contributed by atoms with E-state index in [4.69, 9.17) is 0 Å². The van der Waals surface area contributed by atoms with Gasteiger partial charge >= 0.3 is 0 Å². The Labute approximate surface area is 226 Å². The molecule has 3 nitrogen and oxygen atoms in total. The monoisotopic (exact) mass is 503 g/mol. The van der Waals surface area contributed by atoms with Gasteiger partial charge in [-0.05, 0) is 57.8 Å². The predicted molar refractivity (Wildman–Crippen MR) is 158 cm³/mol. The first-order chi connectivity index (χ1) is 19.2. The molecule has 0 aromatic heterocycles. The molecule has 2 aliphatic rings. The molecule has 0 heterocycles. The molecule has 0 aliphatic heterocycles. The number of nitrogens with zero attached hydrogens (tertiary/aromatic N) is 1. The van der Waals surface area contributed by atoms with Crippen LogP contribution in [0.1, 0.15) is 5.56 Å². The third kappa shape index (κ3) is 3.91. The average Bonchev–Trinajstić information content (AvgIpc) is 3.22. The number of hydrogen-bond donors (Lipinski definition) is 0. The Morgan fingerprint density at radius 3 is 1.56 bits per heavy atom. The highest BCUT2D eigenvalue weighted by atomic mass is 16.2. The van der Waals surface area contributed by atoms with E-state index >= 15 is 0 Å². The van der Waals surface area contributed by atoms with Crippen molar-refractivity contribution in [1.29, 1.82) is 0 Å². The van der Waals surface area contributed by atoms with E-state index in [2.05, 4.69) is 47.4 Å². The third-order valence-corrected chi connectivity index (χ3v) is 7.74. The lowest BCUT2D eigenvalue weighted by Gasteiger charge is -2.27. The van der Waals surface area contributed by atoms with Crippen molar-refractivity contribution in [1.82, 2.24) is 0 Å². The number of allylic oxidation sites excluding steroid dienone is 1. The van der Waals surface area contributed by atoms with E-state index in [0.29, 0.717) is 0 Å². The summed E-state index contributed by atoms with van der Waals surface area (Å²) in [5.74, 6) is -1.06. The molecule has 5 aromatic carbocycles. The third-order valence-electron chi connectivity index (χ3n) is 7.74. The molecule has 0 spiro atoms. The summed E-state index contributed by atoms with van der Waals surface area (Å²) in [6, 6.07) is 40.8. The number of carbonyl (C=O) groups is 2. The minimum atomic E-state index is -0.434. The van der Waals surface area contributed by atoms with Gasteiger partial charge in [0, 0.05) is 16.8 Å². The molecule has 0 N–H and O–H groups in total. The Hall–Kier alpha value is -5.02. The molecule has 7 rings (SSSR count). The smallest absolute Gasteiger partial charge is 0.174 e. The molecule has 2 unspecified atom stereocenters. The number of benzene rings is 5. The normalized spacial score (nSPS) is 17.7. The largest absolute Gasteiger partial charge is 0.310 e. The first-order valence-electron chi connectivity index (χ1n) is 13.2. The lowest BCUT2D eigenvalue weighted by atomic mass is 9.89. The maximum Gasteiger partial charge on any atom is 0.174 e. The van der Waals surface area contributed by atoms with E-state index < -0.39 is 11.8 Å². The Morgan fingerprint density at radius 1 is 0.513 bits per heavy atom. The minimum absolute atomic E-state index is 0.0980. The molecule has 2 atom stereocenters. The summed E-state index contributed by atoms with van der Waals surface area (Å²) in [5.41, 5.74) is 4.28. The summed E-state index contributed by atoms with van der Waals surface area (Å²) >= 11 is 0. The van der Waals surface area contributed by atoms with Gasteiger partial charge in [0.15, 0.2) is 11.6 Å². The second-order valence-electron chi connectivity index (χ2n) is 10.0. The quantitative estimate of drug-likeness (QED) is 0.212. The zero-order chi connectivity index (χ0) is 26.3. The van der Waals surface area contributed by atoms with Crippen LogP contribution in [0.25, 0.3) is 29.0 Å². The van der Waals surface area contributed by atoms with Crippen molar-refractivity contribution < 1.29 is 9.59 Å². The maximum atomic E-state index is 13.5. The van der Waals surface area contributed by atoms with E-state index in [1.54, 1.807) is 6.08 Å². The lowest BCUT2D eigenvalue weighted by Crippen LogP contribution is -2.33. The predicted octanol–water partition coefficient (Wildman–Crippen LogP) is 6.35. The lowest BCUT2D eigenvalue weighted by molar-refractivity contribution is -0.117. The number of rotatable bonds is 4. The van der Waals surface area contributed by atoms with Crippen molar-refractivity contribution in [2.24, 2.45) is 11.8 Å². The Kier molecular flexibility index (Phi) is 5.56. The summed E-state index contributed by atoms with van der Waals surface area (Å²) in [5, 5.41) is 4.06. The average molecular weight is 504 g/mol. The zero-order valence-electron chi connectivity index (χ0n) is 21.2. The van der Waals surface area contributed by atoms with E-state index in [1.807, 2.05) is 91.0 Å². The Bertz CT molecular complexity index is 1810. The van der Waals surface area contributed by atoms with Gasteiger partial charge in [-0.15, -0.1) is 0 Å². The van der Waals surface area contributed by atoms with E-state index in [9.17, 15) is 9.59 Å². The second-order valence-corrected chi connectivity index (χ2v) is 10.0. The number of hydrogen-bond acceptors (Lipinski definition) is 3. The van der Waals surface area contributed by atoms with Gasteiger partial charge in [-0.25, -0.2) is 0 Å². The summed E-state index contributed by atoms with van der Waals surface area (Å²) < 4.78 is 0. The van der Waals surface area contributed by atoms with Gasteiger partial charge in [0.05, 0.1) is 23.1 Å². The fourth-order valence-corrected chi connectivity index (χ4v) is 5.87. The Morgan fingerprint density at radius 2 is 1.00 bits per heavy atom. The Balaban J connectivity index is 1.36. The number of fused-ring (bicyclic) bond motifs is 3. The maximum absolute atomic E-state index is 13.5. The van der Waals surface area contributed by atoms with Gasteiger partial charge in [-0.1, -0.05) is 103 Å². The van der Waals surface area contributed by atoms with Crippen molar-refractivity contribution in [3.8, 4) is 0 Å². The number of para-hydroxylation sites is 2. The molecule has 1 saturated carbocycles. The minimum Gasteiger partial charge on any atom is -0.310 e. The van der Waals surface area contributed by atoms with Crippen LogP contribution in [0, 0.1) is 11.8 Å². The van der Waals surface area contributed by atoms with Crippen molar-refractivity contribution in [3.05, 3.63) is 143 Å². The molecule has 5 aromatic rings. The van der Waals surface area contributed by atoms with Crippen LogP contribution >= 0.6 is 0 Å². The molecule has 39 heavy (non-hydrogen) atoms. The summed E-state index contributed by atoms with van der Waals surface area (Å²) in [6.45, 7) is 0. The molecular formula is C36H25NO2. The van der Waals surface area contributed by atoms with Gasteiger partial charge in [-0.3, -0.25) is 9.59 Å². The van der Waals surface area contributed by atoms with Crippen LogP contribution in [0.2, 0.25) is 0 Å². The fraction of sp³-hybridized carbons (Fsp3) is 0.0556. The summed E-state index contributed by atoms with van der Waals surface area (Å²) in [7, 11) is 0. The molecule has 0 radical (unpaired) electrons. The highest BCUT2D eigenvalue weighted by Crippen LogP contribution is 2.41. The van der Waals surface area contributed by atoms with Gasteiger partial charge in [0.2, 0.25) is 0 Å². The molecule has 0 amide bonds. The van der Waals surface area contributed by atoms with Gasteiger partial charge in [0.25, 0.3) is 0 Å². The van der Waals surface area contributed by atoms with Crippen LogP contribution in [0.15, 0.2) is 127 Å².